The molecule has 5 atom stereocenters. The molecule has 1 saturated carbocycles. The topological polar surface area (TPSA) is 173 Å². The number of carbonyl (C=O) groups is 5. The number of nitrogens with zero attached hydrogens (tertiary/aromatic N) is 3. The molecule has 15 heteroatoms. The highest BCUT2D eigenvalue weighted by molar-refractivity contribution is 6.10. The van der Waals surface area contributed by atoms with Crippen LogP contribution in [0.4, 0.5) is 21.0 Å². The van der Waals surface area contributed by atoms with Crippen LogP contribution < -0.4 is 21.3 Å². The van der Waals surface area contributed by atoms with Crippen LogP contribution in [0, 0.1) is 5.92 Å². The second-order valence-electron chi connectivity index (χ2n) is 17.8. The first-order valence-corrected chi connectivity index (χ1v) is 23.1. The van der Waals surface area contributed by atoms with Crippen LogP contribution in [0.15, 0.2) is 97.1 Å². The first-order valence-electron chi connectivity index (χ1n) is 23.1. The molecule has 66 heavy (non-hydrogen) atoms. The minimum absolute atomic E-state index is 0.0958. The Balaban J connectivity index is 1.06. The zero-order valence-electron chi connectivity index (χ0n) is 38.0. The first-order chi connectivity index (χ1) is 32.1. The Morgan fingerprint density at radius 3 is 2.06 bits per heavy atom. The SMILES string of the molecule is COC(=O)N[C@@H](C(=O)N1CCC[C@H]1C(Nc1ccc2c3ccc(NC(=O)[C@@H]4CCCN4C[C@@](C=O)(NC(=O)OC)c4ccccc4)cc3n(CC3CCCCC3)c2c1)OC)c1ccccc1. The van der Waals surface area contributed by atoms with Crippen molar-refractivity contribution in [1.29, 1.82) is 0 Å². The number of hydrogen-bond acceptors (Lipinski definition) is 10. The maximum atomic E-state index is 14.3. The molecule has 4 N–H and O–H groups in total. The summed E-state index contributed by atoms with van der Waals surface area (Å²) < 4.78 is 18.3. The summed E-state index contributed by atoms with van der Waals surface area (Å²) in [5.74, 6) is 0.0866. The van der Waals surface area contributed by atoms with Gasteiger partial charge in [0.05, 0.1) is 37.3 Å². The van der Waals surface area contributed by atoms with E-state index >= 15 is 0 Å². The molecule has 0 bridgehead atoms. The molecule has 4 amide bonds. The van der Waals surface area contributed by atoms with Crippen molar-refractivity contribution in [3.63, 3.8) is 0 Å². The van der Waals surface area contributed by atoms with Gasteiger partial charge >= 0.3 is 12.2 Å². The quantitative estimate of drug-likeness (QED) is 0.0568. The van der Waals surface area contributed by atoms with Gasteiger partial charge in [-0.15, -0.1) is 0 Å². The van der Waals surface area contributed by atoms with E-state index in [1.165, 1.54) is 33.5 Å². The molecule has 15 nitrogen and oxygen atoms in total. The van der Waals surface area contributed by atoms with E-state index in [4.69, 9.17) is 14.2 Å². The van der Waals surface area contributed by atoms with E-state index in [2.05, 4.69) is 50.1 Å². The van der Waals surface area contributed by atoms with Crippen LogP contribution in [0.25, 0.3) is 21.8 Å². The number of carbonyl (C=O) groups excluding carboxylic acids is 5. The van der Waals surface area contributed by atoms with Crippen LogP contribution in [0.2, 0.25) is 0 Å². The van der Waals surface area contributed by atoms with E-state index < -0.39 is 36.0 Å². The third-order valence-corrected chi connectivity index (χ3v) is 13.7. The van der Waals surface area contributed by atoms with Crippen LogP contribution >= 0.6 is 0 Å². The summed E-state index contributed by atoms with van der Waals surface area (Å²) in [6.07, 6.45) is 7.54. The van der Waals surface area contributed by atoms with Crippen molar-refractivity contribution in [2.75, 3.05) is 51.6 Å². The van der Waals surface area contributed by atoms with Crippen LogP contribution in [-0.2, 0) is 40.7 Å². The lowest BCUT2D eigenvalue weighted by atomic mass is 9.89. The number of rotatable bonds is 16. The molecule has 1 aliphatic carbocycles. The number of ether oxygens (including phenoxy) is 3. The molecule has 5 aromatic rings. The molecular formula is C51H61N7O8. The second kappa shape index (κ2) is 20.8. The van der Waals surface area contributed by atoms with Gasteiger partial charge < -0.3 is 49.7 Å². The summed E-state index contributed by atoms with van der Waals surface area (Å²) in [5.41, 5.74) is 3.42. The molecule has 3 fully saturated rings. The van der Waals surface area contributed by atoms with Crippen LogP contribution in [-0.4, -0.2) is 104 Å². The minimum Gasteiger partial charge on any atom is -0.453 e. The van der Waals surface area contributed by atoms with Gasteiger partial charge in [-0.25, -0.2) is 9.59 Å². The van der Waals surface area contributed by atoms with E-state index in [-0.39, 0.29) is 24.4 Å². The highest BCUT2D eigenvalue weighted by atomic mass is 16.5. The number of aromatic nitrogens is 1. The zero-order chi connectivity index (χ0) is 46.2. The highest BCUT2D eigenvalue weighted by Gasteiger charge is 2.42. The minimum atomic E-state index is -1.42. The van der Waals surface area contributed by atoms with E-state index in [1.807, 2.05) is 65.6 Å². The summed E-state index contributed by atoms with van der Waals surface area (Å²) in [6.45, 7) is 2.01. The molecule has 3 aliphatic rings. The fraction of sp³-hybridized carbons (Fsp3) is 0.431. The Bertz CT molecular complexity index is 2510. The second-order valence-corrected chi connectivity index (χ2v) is 17.8. The van der Waals surface area contributed by atoms with Gasteiger partial charge in [-0.2, -0.15) is 0 Å². The van der Waals surface area contributed by atoms with E-state index in [0.717, 1.165) is 66.0 Å². The predicted octanol–water partition coefficient (Wildman–Crippen LogP) is 7.70. The summed E-state index contributed by atoms with van der Waals surface area (Å²) in [6, 6.07) is 28.8. The predicted molar refractivity (Wildman–Crippen MR) is 253 cm³/mol. The Morgan fingerprint density at radius 2 is 1.39 bits per heavy atom. The molecule has 0 radical (unpaired) electrons. The van der Waals surface area contributed by atoms with Crippen molar-refractivity contribution in [2.24, 2.45) is 5.92 Å². The summed E-state index contributed by atoms with van der Waals surface area (Å²) in [7, 11) is 4.18. The van der Waals surface area contributed by atoms with E-state index in [0.29, 0.717) is 48.7 Å². The Kier molecular flexibility index (Phi) is 14.5. The molecule has 3 heterocycles. The summed E-state index contributed by atoms with van der Waals surface area (Å²) >= 11 is 0. The summed E-state index contributed by atoms with van der Waals surface area (Å²) in [5, 5.41) is 14.5. The number of nitrogens with one attached hydrogen (secondary N) is 4. The van der Waals surface area contributed by atoms with Crippen molar-refractivity contribution < 1.29 is 38.2 Å². The molecule has 0 spiro atoms. The lowest BCUT2D eigenvalue weighted by Crippen LogP contribution is -2.56. The number of alkyl carbamates (subject to hydrolysis) is 2. The highest BCUT2D eigenvalue weighted by Crippen LogP contribution is 2.37. The number of hydrogen-bond donors (Lipinski definition) is 4. The monoisotopic (exact) mass is 899 g/mol. The van der Waals surface area contributed by atoms with Crippen molar-refractivity contribution in [1.82, 2.24) is 25.0 Å². The normalized spacial score (nSPS) is 19.7. The largest absolute Gasteiger partial charge is 0.453 e. The molecule has 348 valence electrons. The molecule has 2 saturated heterocycles. The molecule has 2 aliphatic heterocycles. The number of amides is 4. The zero-order valence-corrected chi connectivity index (χ0v) is 38.0. The number of methoxy groups -OCH3 is 3. The maximum Gasteiger partial charge on any atom is 0.407 e. The lowest BCUT2D eigenvalue weighted by molar-refractivity contribution is -0.136. The van der Waals surface area contributed by atoms with Crippen LogP contribution in [0.5, 0.6) is 0 Å². The smallest absolute Gasteiger partial charge is 0.407 e. The van der Waals surface area contributed by atoms with Crippen molar-refractivity contribution in [3.8, 4) is 0 Å². The average Bonchev–Trinajstić information content (AvgIpc) is 4.11. The Labute approximate surface area is 385 Å². The van der Waals surface area contributed by atoms with Gasteiger partial charge in [0, 0.05) is 48.9 Å². The number of fused-ring (bicyclic) bond motifs is 3. The fourth-order valence-corrected chi connectivity index (χ4v) is 10.4. The van der Waals surface area contributed by atoms with Crippen LogP contribution in [0.1, 0.15) is 75.0 Å². The third-order valence-electron chi connectivity index (χ3n) is 13.7. The van der Waals surface area contributed by atoms with Crippen LogP contribution in [0.3, 0.4) is 0 Å². The van der Waals surface area contributed by atoms with E-state index in [1.54, 1.807) is 24.1 Å². The fourth-order valence-electron chi connectivity index (χ4n) is 10.4. The van der Waals surface area contributed by atoms with Crippen molar-refractivity contribution >= 4 is 63.5 Å². The van der Waals surface area contributed by atoms with Crippen molar-refractivity contribution in [2.45, 2.75) is 94.2 Å². The van der Waals surface area contributed by atoms with Gasteiger partial charge in [-0.05, 0) is 86.4 Å². The Morgan fingerprint density at radius 1 is 0.742 bits per heavy atom. The maximum absolute atomic E-state index is 14.3. The van der Waals surface area contributed by atoms with E-state index in [9.17, 15) is 24.0 Å². The molecule has 1 aromatic heterocycles. The molecule has 1 unspecified atom stereocenters. The van der Waals surface area contributed by atoms with Gasteiger partial charge in [0.2, 0.25) is 11.8 Å². The number of anilines is 2. The number of benzene rings is 4. The molecular weight excluding hydrogens is 839 g/mol. The van der Waals surface area contributed by atoms with Gasteiger partial charge in [0.15, 0.2) is 6.29 Å². The van der Waals surface area contributed by atoms with Gasteiger partial charge in [-0.3, -0.25) is 14.5 Å². The first kappa shape index (κ1) is 46.1. The van der Waals surface area contributed by atoms with Gasteiger partial charge in [0.1, 0.15) is 17.8 Å². The Hall–Kier alpha value is -6.45. The lowest BCUT2D eigenvalue weighted by Gasteiger charge is -2.35. The summed E-state index contributed by atoms with van der Waals surface area (Å²) in [4.78, 5) is 70.1. The molecule has 8 rings (SSSR count). The van der Waals surface area contributed by atoms with Gasteiger partial charge in [0.25, 0.3) is 0 Å². The number of aldehydes is 1. The third kappa shape index (κ3) is 9.87. The van der Waals surface area contributed by atoms with Gasteiger partial charge in [-0.1, -0.05) is 92.1 Å². The molecule has 4 aromatic carbocycles. The average molecular weight is 900 g/mol. The van der Waals surface area contributed by atoms with Crippen molar-refractivity contribution in [3.05, 3.63) is 108 Å². The number of likely N-dealkylation sites (tertiary alicyclic amines) is 2. The standard InChI is InChI=1S/C51H61N7O8/c1-64-47(42-22-14-28-57(42)48(61)45(54-49(62)65-2)35-17-9-5-10-18-35)53-38-24-26-40-39-25-23-37(29-43(39)58(44(40)30-38)31-34-15-7-4-8-16-34)52-46(60)41-21-13-27-56(41)32-51(33-59,55-50(63)66-3)36-19-11-6-12-20-36/h5-6,9-12,17-20,23-26,29-30,33-34,41-42,45,47,53H,4,7-8,13-16,21-22,27-28,31-32H2,1-3H3,(H,52,60)(H,54,62)(H,55,63)/t41-,42-,45+,47?,51-/m0/s1.